The Morgan fingerprint density at radius 3 is 3.00 bits per heavy atom. The second kappa shape index (κ2) is 3.83. The van der Waals surface area contributed by atoms with E-state index in [1.54, 1.807) is 0 Å². The van der Waals surface area contributed by atoms with Gasteiger partial charge in [-0.3, -0.25) is 9.69 Å². The monoisotopic (exact) mass is 276 g/mol. The molecular formula is C15H20N2OS. The first kappa shape index (κ1) is 11.9. The van der Waals surface area contributed by atoms with Crippen LogP contribution in [0.5, 0.6) is 0 Å². The van der Waals surface area contributed by atoms with Gasteiger partial charge in [0.05, 0.1) is 0 Å². The average Bonchev–Trinajstić information content (AvgIpc) is 3.07. The number of amides is 1. The minimum atomic E-state index is -0.142. The second-order valence-electron chi connectivity index (χ2n) is 6.30. The van der Waals surface area contributed by atoms with Crippen LogP contribution in [0, 0.1) is 12.8 Å². The van der Waals surface area contributed by atoms with Crippen LogP contribution in [0.15, 0.2) is 12.1 Å². The Bertz CT molecular complexity index is 540. The lowest BCUT2D eigenvalue weighted by Crippen LogP contribution is -2.49. The van der Waals surface area contributed by atoms with Crippen LogP contribution in [0.3, 0.4) is 0 Å². The molecule has 1 aromatic heterocycles. The molecule has 1 spiro atoms. The van der Waals surface area contributed by atoms with E-state index in [9.17, 15) is 4.79 Å². The quantitative estimate of drug-likeness (QED) is 0.786. The molecule has 4 heterocycles. The molecule has 3 saturated heterocycles. The van der Waals surface area contributed by atoms with Gasteiger partial charge in [0, 0.05) is 35.3 Å². The van der Waals surface area contributed by atoms with Gasteiger partial charge in [-0.2, -0.15) is 0 Å². The smallest absolute Gasteiger partial charge is 0.243 e. The van der Waals surface area contributed by atoms with Gasteiger partial charge in [-0.15, -0.1) is 11.3 Å². The molecule has 1 amide bonds. The van der Waals surface area contributed by atoms with Crippen LogP contribution in [0.1, 0.15) is 35.1 Å². The lowest BCUT2D eigenvalue weighted by molar-refractivity contribution is -0.135. The summed E-state index contributed by atoms with van der Waals surface area (Å²) in [5.41, 5.74) is -0.142. The van der Waals surface area contributed by atoms with E-state index in [-0.39, 0.29) is 5.54 Å². The Morgan fingerprint density at radius 1 is 1.42 bits per heavy atom. The molecule has 3 fully saturated rings. The highest BCUT2D eigenvalue weighted by molar-refractivity contribution is 7.12. The van der Waals surface area contributed by atoms with Gasteiger partial charge in [-0.25, -0.2) is 0 Å². The van der Waals surface area contributed by atoms with Gasteiger partial charge in [0.25, 0.3) is 0 Å². The standard InChI is InChI=1S/C15H20N2OS/c1-10-4-5-13(19-10)12-8-11-9-16(2)14(18)15(11)6-3-7-17(12)15/h4-5,11-12H,3,6-9H2,1-2H3/t11-,12-,15-/m0/s1. The number of likely N-dealkylation sites (N-methyl/N-ethyl adjacent to an activating group) is 1. The topological polar surface area (TPSA) is 23.6 Å². The van der Waals surface area contributed by atoms with Crippen molar-refractivity contribution in [3.63, 3.8) is 0 Å². The number of carbonyl (C=O) groups is 1. The maximum atomic E-state index is 12.7. The molecule has 102 valence electrons. The van der Waals surface area contributed by atoms with E-state index >= 15 is 0 Å². The van der Waals surface area contributed by atoms with Crippen LogP contribution in [0.2, 0.25) is 0 Å². The van der Waals surface area contributed by atoms with Crippen molar-refractivity contribution in [2.75, 3.05) is 20.1 Å². The number of thiophene rings is 1. The molecule has 19 heavy (non-hydrogen) atoms. The number of hydrogen-bond acceptors (Lipinski definition) is 3. The van der Waals surface area contributed by atoms with Crippen LogP contribution in [0.25, 0.3) is 0 Å². The van der Waals surface area contributed by atoms with E-state index in [1.165, 1.54) is 16.2 Å². The molecule has 0 unspecified atom stereocenters. The highest BCUT2D eigenvalue weighted by atomic mass is 32.1. The van der Waals surface area contributed by atoms with E-state index in [2.05, 4.69) is 24.0 Å². The minimum Gasteiger partial charge on any atom is -0.344 e. The first-order valence-electron chi connectivity index (χ1n) is 7.21. The first-order chi connectivity index (χ1) is 9.13. The van der Waals surface area contributed by atoms with Gasteiger partial charge >= 0.3 is 0 Å². The van der Waals surface area contributed by atoms with Crippen molar-refractivity contribution in [1.82, 2.24) is 9.80 Å². The van der Waals surface area contributed by atoms with Crippen molar-refractivity contribution in [1.29, 1.82) is 0 Å². The molecule has 1 aromatic rings. The summed E-state index contributed by atoms with van der Waals surface area (Å²) < 4.78 is 0. The zero-order valence-electron chi connectivity index (χ0n) is 11.6. The van der Waals surface area contributed by atoms with Crippen LogP contribution < -0.4 is 0 Å². The van der Waals surface area contributed by atoms with E-state index < -0.39 is 0 Å². The van der Waals surface area contributed by atoms with Crippen molar-refractivity contribution < 1.29 is 4.79 Å². The third-order valence-corrected chi connectivity index (χ3v) is 6.43. The summed E-state index contributed by atoms with van der Waals surface area (Å²) in [6, 6.07) is 4.97. The lowest BCUT2D eigenvalue weighted by atomic mass is 9.85. The number of rotatable bonds is 1. The van der Waals surface area contributed by atoms with Gasteiger partial charge < -0.3 is 4.90 Å². The highest BCUT2D eigenvalue weighted by Crippen LogP contribution is 2.56. The van der Waals surface area contributed by atoms with Crippen molar-refractivity contribution in [2.24, 2.45) is 5.92 Å². The van der Waals surface area contributed by atoms with Gasteiger partial charge in [-0.05, 0) is 44.9 Å². The molecule has 3 atom stereocenters. The summed E-state index contributed by atoms with van der Waals surface area (Å²) in [6.07, 6.45) is 3.41. The summed E-state index contributed by atoms with van der Waals surface area (Å²) in [7, 11) is 1.97. The normalized spacial score (nSPS) is 38.0. The van der Waals surface area contributed by atoms with E-state index in [0.717, 1.165) is 25.9 Å². The molecule has 0 aromatic carbocycles. The number of likely N-dealkylation sites (tertiary alicyclic amines) is 1. The lowest BCUT2D eigenvalue weighted by Gasteiger charge is -2.32. The van der Waals surface area contributed by atoms with Crippen molar-refractivity contribution in [2.45, 2.75) is 37.8 Å². The molecule has 0 aliphatic carbocycles. The highest BCUT2D eigenvalue weighted by Gasteiger charge is 2.64. The molecule has 4 heteroatoms. The van der Waals surface area contributed by atoms with Crippen LogP contribution in [0.4, 0.5) is 0 Å². The Balaban J connectivity index is 1.75. The summed E-state index contributed by atoms with van der Waals surface area (Å²) in [5.74, 6) is 0.922. The van der Waals surface area contributed by atoms with Crippen molar-refractivity contribution in [3.8, 4) is 0 Å². The SMILES string of the molecule is Cc1ccc([C@@H]2C[C@H]3CN(C)C(=O)[C@]34CCCN24)s1. The Labute approximate surface area is 118 Å². The molecule has 3 nitrogen and oxygen atoms in total. The van der Waals surface area contributed by atoms with E-state index in [1.807, 2.05) is 23.3 Å². The van der Waals surface area contributed by atoms with Crippen molar-refractivity contribution >= 4 is 17.2 Å². The Hall–Kier alpha value is -0.870. The van der Waals surface area contributed by atoms with Gasteiger partial charge in [-0.1, -0.05) is 0 Å². The van der Waals surface area contributed by atoms with E-state index in [4.69, 9.17) is 0 Å². The number of carbonyl (C=O) groups excluding carboxylic acids is 1. The third-order valence-electron chi connectivity index (χ3n) is 5.33. The van der Waals surface area contributed by atoms with E-state index in [0.29, 0.717) is 17.9 Å². The zero-order chi connectivity index (χ0) is 13.2. The first-order valence-corrected chi connectivity index (χ1v) is 8.03. The number of aryl methyl sites for hydroxylation is 1. The number of hydrogen-bond donors (Lipinski definition) is 0. The van der Waals surface area contributed by atoms with Gasteiger partial charge in [0.1, 0.15) is 5.54 Å². The Kier molecular flexibility index (Phi) is 2.40. The summed E-state index contributed by atoms with van der Waals surface area (Å²) in [6.45, 7) is 4.22. The third kappa shape index (κ3) is 1.39. The van der Waals surface area contributed by atoms with Gasteiger partial charge in [0.15, 0.2) is 0 Å². The maximum Gasteiger partial charge on any atom is 0.243 e. The molecule has 3 aliphatic rings. The molecule has 0 N–H and O–H groups in total. The fraction of sp³-hybridized carbons (Fsp3) is 0.667. The predicted octanol–water partition coefficient (Wildman–Crippen LogP) is 2.42. The summed E-state index contributed by atoms with van der Waals surface area (Å²) >= 11 is 1.90. The van der Waals surface area contributed by atoms with Crippen LogP contribution in [-0.2, 0) is 4.79 Å². The van der Waals surface area contributed by atoms with Crippen molar-refractivity contribution in [3.05, 3.63) is 21.9 Å². The fourth-order valence-corrected chi connectivity index (χ4v) is 5.61. The van der Waals surface area contributed by atoms with Crippen LogP contribution >= 0.6 is 11.3 Å². The maximum absolute atomic E-state index is 12.7. The molecular weight excluding hydrogens is 256 g/mol. The average molecular weight is 276 g/mol. The van der Waals surface area contributed by atoms with Crippen LogP contribution in [-0.4, -0.2) is 41.4 Å². The minimum absolute atomic E-state index is 0.142. The molecule has 0 saturated carbocycles. The second-order valence-corrected chi connectivity index (χ2v) is 7.62. The molecule has 0 radical (unpaired) electrons. The molecule has 4 rings (SSSR count). The fourth-order valence-electron chi connectivity index (χ4n) is 4.60. The molecule has 0 bridgehead atoms. The number of nitrogens with zero attached hydrogens (tertiary/aromatic N) is 2. The largest absolute Gasteiger partial charge is 0.344 e. The Morgan fingerprint density at radius 2 is 2.26 bits per heavy atom. The zero-order valence-corrected chi connectivity index (χ0v) is 12.4. The predicted molar refractivity (Wildman–Crippen MR) is 76.2 cm³/mol. The molecule has 3 aliphatic heterocycles. The van der Waals surface area contributed by atoms with Gasteiger partial charge in [0.2, 0.25) is 5.91 Å². The summed E-state index contributed by atoms with van der Waals surface area (Å²) in [4.78, 5) is 20.0. The summed E-state index contributed by atoms with van der Waals surface area (Å²) in [5, 5.41) is 0.